The molecular formula is C10H19NO2. The van der Waals surface area contributed by atoms with Gasteiger partial charge in [0.1, 0.15) is 6.04 Å². The maximum atomic E-state index is 11.0. The van der Waals surface area contributed by atoms with Crippen molar-refractivity contribution in [3.63, 3.8) is 0 Å². The fourth-order valence-electron chi connectivity index (χ4n) is 2.29. The van der Waals surface area contributed by atoms with E-state index in [9.17, 15) is 4.79 Å². The number of carboxylic acid groups (broad SMARTS) is 1. The number of hydrogen-bond donors (Lipinski definition) is 1. The molecule has 0 spiro atoms. The van der Waals surface area contributed by atoms with Gasteiger partial charge >= 0.3 is 5.97 Å². The molecular weight excluding hydrogens is 166 g/mol. The molecule has 0 aliphatic heterocycles. The summed E-state index contributed by atoms with van der Waals surface area (Å²) in [4.78, 5) is 12.8. The summed E-state index contributed by atoms with van der Waals surface area (Å²) in [6.07, 6.45) is 5.82. The molecule has 1 rings (SSSR count). The van der Waals surface area contributed by atoms with E-state index in [2.05, 4.69) is 0 Å². The van der Waals surface area contributed by atoms with Gasteiger partial charge < -0.3 is 5.11 Å². The Morgan fingerprint density at radius 1 is 1.31 bits per heavy atom. The van der Waals surface area contributed by atoms with E-state index in [-0.39, 0.29) is 6.04 Å². The molecule has 0 bridgehead atoms. The SMILES string of the molecule is CN(C)[C@H](C(=O)O)C1CCCCC1. The van der Waals surface area contributed by atoms with E-state index in [4.69, 9.17) is 5.11 Å². The van der Waals surface area contributed by atoms with Gasteiger partial charge in [0.2, 0.25) is 0 Å². The molecule has 0 aromatic carbocycles. The van der Waals surface area contributed by atoms with E-state index in [0.717, 1.165) is 12.8 Å². The minimum Gasteiger partial charge on any atom is -0.480 e. The summed E-state index contributed by atoms with van der Waals surface area (Å²) in [5.74, 6) is -0.307. The largest absolute Gasteiger partial charge is 0.480 e. The van der Waals surface area contributed by atoms with Crippen molar-refractivity contribution in [2.24, 2.45) is 5.92 Å². The summed E-state index contributed by atoms with van der Waals surface area (Å²) >= 11 is 0. The summed E-state index contributed by atoms with van der Waals surface area (Å²) in [5.41, 5.74) is 0. The number of carbonyl (C=O) groups is 1. The zero-order chi connectivity index (χ0) is 9.84. The van der Waals surface area contributed by atoms with Gasteiger partial charge in [0.15, 0.2) is 0 Å². The number of rotatable bonds is 3. The molecule has 0 unspecified atom stereocenters. The molecule has 0 radical (unpaired) electrons. The van der Waals surface area contributed by atoms with Gasteiger partial charge in [0, 0.05) is 0 Å². The first-order valence-corrected chi connectivity index (χ1v) is 5.02. The van der Waals surface area contributed by atoms with Crippen molar-refractivity contribution >= 4 is 5.97 Å². The van der Waals surface area contributed by atoms with Gasteiger partial charge in [-0.3, -0.25) is 9.69 Å². The first kappa shape index (κ1) is 10.5. The highest BCUT2D eigenvalue weighted by atomic mass is 16.4. The number of carboxylic acids is 1. The third kappa shape index (κ3) is 2.69. The molecule has 13 heavy (non-hydrogen) atoms. The predicted octanol–water partition coefficient (Wildman–Crippen LogP) is 1.58. The quantitative estimate of drug-likeness (QED) is 0.725. The van der Waals surface area contributed by atoms with Crippen LogP contribution in [0.1, 0.15) is 32.1 Å². The number of likely N-dealkylation sites (N-methyl/N-ethyl adjacent to an activating group) is 1. The summed E-state index contributed by atoms with van der Waals surface area (Å²) in [5, 5.41) is 9.05. The molecule has 3 heteroatoms. The lowest BCUT2D eigenvalue weighted by Crippen LogP contribution is -2.42. The Morgan fingerprint density at radius 2 is 1.85 bits per heavy atom. The lowest BCUT2D eigenvalue weighted by atomic mass is 9.83. The van der Waals surface area contributed by atoms with Crippen LogP contribution < -0.4 is 0 Å². The van der Waals surface area contributed by atoms with Crippen LogP contribution in [0.5, 0.6) is 0 Å². The van der Waals surface area contributed by atoms with Gasteiger partial charge in [-0.05, 0) is 32.9 Å². The molecule has 76 valence electrons. The number of nitrogens with zero attached hydrogens (tertiary/aromatic N) is 1. The highest BCUT2D eigenvalue weighted by Gasteiger charge is 2.30. The Kier molecular flexibility index (Phi) is 3.72. The van der Waals surface area contributed by atoms with Crippen LogP contribution >= 0.6 is 0 Å². The third-order valence-corrected chi connectivity index (χ3v) is 2.91. The first-order chi connectivity index (χ1) is 6.13. The molecule has 0 aromatic heterocycles. The van der Waals surface area contributed by atoms with Gasteiger partial charge in [-0.1, -0.05) is 19.3 Å². The van der Waals surface area contributed by atoms with Crippen LogP contribution in [-0.4, -0.2) is 36.1 Å². The molecule has 1 atom stereocenters. The summed E-state index contributed by atoms with van der Waals surface area (Å²) in [6, 6.07) is -0.278. The van der Waals surface area contributed by atoms with Crippen LogP contribution in [-0.2, 0) is 4.79 Å². The topological polar surface area (TPSA) is 40.5 Å². The Morgan fingerprint density at radius 3 is 2.23 bits per heavy atom. The fourth-order valence-corrected chi connectivity index (χ4v) is 2.29. The molecule has 1 fully saturated rings. The lowest BCUT2D eigenvalue weighted by molar-refractivity contribution is -0.144. The zero-order valence-corrected chi connectivity index (χ0v) is 8.49. The second-order valence-electron chi connectivity index (χ2n) is 4.14. The van der Waals surface area contributed by atoms with Crippen LogP contribution in [0, 0.1) is 5.92 Å². The van der Waals surface area contributed by atoms with Gasteiger partial charge in [-0.25, -0.2) is 0 Å². The van der Waals surface area contributed by atoms with Crippen molar-refractivity contribution in [1.29, 1.82) is 0 Å². The van der Waals surface area contributed by atoms with Crippen molar-refractivity contribution in [1.82, 2.24) is 4.90 Å². The number of hydrogen-bond acceptors (Lipinski definition) is 2. The van der Waals surface area contributed by atoms with Gasteiger partial charge in [0.05, 0.1) is 0 Å². The maximum absolute atomic E-state index is 11.0. The van der Waals surface area contributed by atoms with E-state index < -0.39 is 5.97 Å². The molecule has 1 aliphatic rings. The molecule has 0 heterocycles. The van der Waals surface area contributed by atoms with E-state index in [1.165, 1.54) is 19.3 Å². The monoisotopic (exact) mass is 185 g/mol. The van der Waals surface area contributed by atoms with E-state index >= 15 is 0 Å². The second kappa shape index (κ2) is 4.61. The van der Waals surface area contributed by atoms with Crippen molar-refractivity contribution in [3.8, 4) is 0 Å². The zero-order valence-electron chi connectivity index (χ0n) is 8.49. The van der Waals surface area contributed by atoms with Crippen molar-refractivity contribution in [2.75, 3.05) is 14.1 Å². The van der Waals surface area contributed by atoms with Crippen molar-refractivity contribution in [3.05, 3.63) is 0 Å². The summed E-state index contributed by atoms with van der Waals surface area (Å²) in [7, 11) is 3.71. The van der Waals surface area contributed by atoms with Crippen molar-refractivity contribution < 1.29 is 9.90 Å². The highest BCUT2D eigenvalue weighted by molar-refractivity contribution is 5.73. The average molecular weight is 185 g/mol. The van der Waals surface area contributed by atoms with E-state index in [0.29, 0.717) is 5.92 Å². The van der Waals surface area contributed by atoms with Crippen LogP contribution in [0.4, 0.5) is 0 Å². The fraction of sp³-hybridized carbons (Fsp3) is 0.900. The smallest absolute Gasteiger partial charge is 0.321 e. The summed E-state index contributed by atoms with van der Waals surface area (Å²) in [6.45, 7) is 0. The second-order valence-corrected chi connectivity index (χ2v) is 4.14. The van der Waals surface area contributed by atoms with E-state index in [1.807, 2.05) is 19.0 Å². The van der Waals surface area contributed by atoms with Gasteiger partial charge in [0.25, 0.3) is 0 Å². The minimum atomic E-state index is -0.670. The Balaban J connectivity index is 2.57. The van der Waals surface area contributed by atoms with Gasteiger partial charge in [-0.2, -0.15) is 0 Å². The molecule has 1 saturated carbocycles. The normalized spacial score (nSPS) is 21.8. The Hall–Kier alpha value is -0.570. The molecule has 0 amide bonds. The van der Waals surface area contributed by atoms with Crippen LogP contribution in [0.15, 0.2) is 0 Å². The average Bonchev–Trinajstić information content (AvgIpc) is 2.04. The van der Waals surface area contributed by atoms with Crippen LogP contribution in [0.25, 0.3) is 0 Å². The van der Waals surface area contributed by atoms with Crippen molar-refractivity contribution in [2.45, 2.75) is 38.1 Å². The predicted molar refractivity (Wildman–Crippen MR) is 51.7 cm³/mol. The first-order valence-electron chi connectivity index (χ1n) is 5.02. The highest BCUT2D eigenvalue weighted by Crippen LogP contribution is 2.28. The summed E-state index contributed by atoms with van der Waals surface area (Å²) < 4.78 is 0. The Bertz CT molecular complexity index is 174. The van der Waals surface area contributed by atoms with E-state index in [1.54, 1.807) is 0 Å². The number of aliphatic carboxylic acids is 1. The maximum Gasteiger partial charge on any atom is 0.321 e. The molecule has 0 aromatic rings. The minimum absolute atomic E-state index is 0.278. The molecule has 0 saturated heterocycles. The lowest BCUT2D eigenvalue weighted by Gasteiger charge is -2.31. The van der Waals surface area contributed by atoms with Crippen LogP contribution in [0.2, 0.25) is 0 Å². The molecule has 3 nitrogen and oxygen atoms in total. The third-order valence-electron chi connectivity index (χ3n) is 2.91. The molecule has 1 aliphatic carbocycles. The van der Waals surface area contributed by atoms with Gasteiger partial charge in [-0.15, -0.1) is 0 Å². The van der Waals surface area contributed by atoms with Crippen LogP contribution in [0.3, 0.4) is 0 Å². The standard InChI is InChI=1S/C10H19NO2/c1-11(2)9(10(12)13)8-6-4-3-5-7-8/h8-9H,3-7H2,1-2H3,(H,12,13)/t9-/m0/s1. The molecule has 1 N–H and O–H groups in total. The Labute approximate surface area is 79.7 Å².